The Kier molecular flexibility index (Phi) is 4.73. The summed E-state index contributed by atoms with van der Waals surface area (Å²) in [5.41, 5.74) is 6.60. The third-order valence-electron chi connectivity index (χ3n) is 2.80. The van der Waals surface area contributed by atoms with Gasteiger partial charge in [-0.05, 0) is 11.6 Å². The van der Waals surface area contributed by atoms with E-state index in [1.165, 1.54) is 0 Å². The van der Waals surface area contributed by atoms with Crippen LogP contribution in [0.2, 0.25) is 0 Å². The lowest BCUT2D eigenvalue weighted by Gasteiger charge is -2.26. The minimum Gasteiger partial charge on any atom is -0.476 e. The van der Waals surface area contributed by atoms with Crippen LogP contribution in [-0.2, 0) is 11.3 Å². The molecule has 0 spiro atoms. The molecule has 0 atom stereocenters. The molecule has 1 aliphatic heterocycles. The van der Waals surface area contributed by atoms with Crippen LogP contribution in [0.4, 0.5) is 0 Å². The summed E-state index contributed by atoms with van der Waals surface area (Å²) in [6, 6.07) is 3.79. The molecular formula is C12H19N3O2. The highest BCUT2D eigenvalue weighted by Gasteiger charge is 2.09. The van der Waals surface area contributed by atoms with E-state index in [0.29, 0.717) is 19.0 Å². The first-order valence-corrected chi connectivity index (χ1v) is 5.96. The molecule has 0 saturated carbocycles. The van der Waals surface area contributed by atoms with Gasteiger partial charge in [-0.3, -0.25) is 4.90 Å². The van der Waals surface area contributed by atoms with Gasteiger partial charge < -0.3 is 15.2 Å². The van der Waals surface area contributed by atoms with Gasteiger partial charge in [0.05, 0.1) is 13.2 Å². The Hall–Kier alpha value is -1.17. The third kappa shape index (κ3) is 3.96. The average molecular weight is 237 g/mol. The first-order chi connectivity index (χ1) is 8.38. The number of pyridine rings is 1. The summed E-state index contributed by atoms with van der Waals surface area (Å²) >= 11 is 0. The fourth-order valence-corrected chi connectivity index (χ4v) is 1.76. The number of nitrogens with zero attached hydrogens (tertiary/aromatic N) is 2. The lowest BCUT2D eigenvalue weighted by molar-refractivity contribution is 0.0320. The van der Waals surface area contributed by atoms with E-state index >= 15 is 0 Å². The highest BCUT2D eigenvalue weighted by atomic mass is 16.5. The van der Waals surface area contributed by atoms with Crippen LogP contribution in [0.1, 0.15) is 5.56 Å². The second-order valence-corrected chi connectivity index (χ2v) is 4.01. The van der Waals surface area contributed by atoms with Crippen molar-refractivity contribution in [1.29, 1.82) is 0 Å². The Morgan fingerprint density at radius 1 is 1.41 bits per heavy atom. The van der Waals surface area contributed by atoms with Crippen molar-refractivity contribution in [2.24, 2.45) is 5.73 Å². The third-order valence-corrected chi connectivity index (χ3v) is 2.80. The number of aromatic nitrogens is 1. The van der Waals surface area contributed by atoms with Crippen LogP contribution in [0, 0.1) is 0 Å². The van der Waals surface area contributed by atoms with Crippen LogP contribution in [0.5, 0.6) is 5.88 Å². The van der Waals surface area contributed by atoms with Gasteiger partial charge in [-0.25, -0.2) is 4.98 Å². The number of rotatable bonds is 5. The molecule has 94 valence electrons. The summed E-state index contributed by atoms with van der Waals surface area (Å²) in [7, 11) is 0. The zero-order chi connectivity index (χ0) is 11.9. The van der Waals surface area contributed by atoms with Gasteiger partial charge in [-0.15, -0.1) is 0 Å². The minimum atomic E-state index is 0.516. The second-order valence-electron chi connectivity index (χ2n) is 4.01. The highest BCUT2D eigenvalue weighted by molar-refractivity contribution is 5.19. The van der Waals surface area contributed by atoms with Crippen molar-refractivity contribution in [3.8, 4) is 5.88 Å². The average Bonchev–Trinajstić information content (AvgIpc) is 2.40. The normalized spacial score (nSPS) is 17.0. The van der Waals surface area contributed by atoms with Crippen molar-refractivity contribution in [2.75, 3.05) is 39.5 Å². The Bertz CT molecular complexity index is 340. The molecule has 1 aliphatic rings. The number of ether oxygens (including phenoxy) is 2. The van der Waals surface area contributed by atoms with E-state index < -0.39 is 0 Å². The van der Waals surface area contributed by atoms with E-state index in [4.69, 9.17) is 15.2 Å². The fourth-order valence-electron chi connectivity index (χ4n) is 1.76. The summed E-state index contributed by atoms with van der Waals surface area (Å²) in [6.07, 6.45) is 1.73. The van der Waals surface area contributed by atoms with Crippen molar-refractivity contribution in [3.05, 3.63) is 23.9 Å². The van der Waals surface area contributed by atoms with Crippen LogP contribution in [0.25, 0.3) is 0 Å². The largest absolute Gasteiger partial charge is 0.476 e. The Balaban J connectivity index is 1.73. The van der Waals surface area contributed by atoms with Crippen LogP contribution >= 0.6 is 0 Å². The van der Waals surface area contributed by atoms with E-state index in [1.54, 1.807) is 6.20 Å². The number of hydrogen-bond donors (Lipinski definition) is 1. The van der Waals surface area contributed by atoms with E-state index in [2.05, 4.69) is 9.88 Å². The van der Waals surface area contributed by atoms with Gasteiger partial charge >= 0.3 is 0 Å². The Morgan fingerprint density at radius 3 is 3.00 bits per heavy atom. The molecule has 0 bridgehead atoms. The zero-order valence-corrected chi connectivity index (χ0v) is 9.97. The van der Waals surface area contributed by atoms with Gasteiger partial charge in [0.1, 0.15) is 6.61 Å². The Morgan fingerprint density at radius 2 is 2.24 bits per heavy atom. The van der Waals surface area contributed by atoms with E-state index in [1.807, 2.05) is 12.1 Å². The fraction of sp³-hybridized carbons (Fsp3) is 0.583. The van der Waals surface area contributed by atoms with Crippen molar-refractivity contribution in [3.63, 3.8) is 0 Å². The molecule has 0 unspecified atom stereocenters. The van der Waals surface area contributed by atoms with Gasteiger partial charge in [0.25, 0.3) is 0 Å². The number of morpholine rings is 1. The van der Waals surface area contributed by atoms with Crippen LogP contribution in [0.15, 0.2) is 18.3 Å². The summed E-state index contributed by atoms with van der Waals surface area (Å²) in [6.45, 7) is 5.70. The molecule has 5 heteroatoms. The first kappa shape index (κ1) is 12.3. The quantitative estimate of drug-likeness (QED) is 0.795. The maximum Gasteiger partial charge on any atom is 0.213 e. The van der Waals surface area contributed by atoms with Crippen LogP contribution < -0.4 is 10.5 Å². The summed E-state index contributed by atoms with van der Waals surface area (Å²) < 4.78 is 10.9. The lowest BCUT2D eigenvalue weighted by Crippen LogP contribution is -2.38. The predicted octanol–water partition coefficient (Wildman–Crippen LogP) is 0.251. The van der Waals surface area contributed by atoms with Crippen molar-refractivity contribution in [2.45, 2.75) is 6.54 Å². The molecule has 1 fully saturated rings. The SMILES string of the molecule is NCc1ccnc(OCCN2CCOCC2)c1. The number of hydrogen-bond acceptors (Lipinski definition) is 5. The molecule has 2 N–H and O–H groups in total. The predicted molar refractivity (Wildman–Crippen MR) is 64.9 cm³/mol. The summed E-state index contributed by atoms with van der Waals surface area (Å²) in [5, 5.41) is 0. The van der Waals surface area contributed by atoms with Gasteiger partial charge in [0.2, 0.25) is 5.88 Å². The standard InChI is InChI=1S/C12H19N3O2/c13-10-11-1-2-14-12(9-11)17-8-5-15-3-6-16-7-4-15/h1-2,9H,3-8,10,13H2. The monoisotopic (exact) mass is 237 g/mol. The molecule has 5 nitrogen and oxygen atoms in total. The summed E-state index contributed by atoms with van der Waals surface area (Å²) in [5.74, 6) is 0.654. The van der Waals surface area contributed by atoms with Crippen molar-refractivity contribution >= 4 is 0 Å². The molecule has 0 radical (unpaired) electrons. The molecule has 1 saturated heterocycles. The van der Waals surface area contributed by atoms with Gasteiger partial charge in [-0.1, -0.05) is 0 Å². The van der Waals surface area contributed by atoms with Gasteiger partial charge in [0, 0.05) is 38.4 Å². The topological polar surface area (TPSA) is 60.6 Å². The molecule has 0 aromatic carbocycles. The van der Waals surface area contributed by atoms with Crippen LogP contribution in [0.3, 0.4) is 0 Å². The number of nitrogens with two attached hydrogens (primary N) is 1. The van der Waals surface area contributed by atoms with Crippen LogP contribution in [-0.4, -0.2) is 49.3 Å². The molecular weight excluding hydrogens is 218 g/mol. The molecule has 2 heterocycles. The molecule has 2 rings (SSSR count). The maximum atomic E-state index is 5.60. The van der Waals surface area contributed by atoms with Gasteiger partial charge in [-0.2, -0.15) is 0 Å². The second kappa shape index (κ2) is 6.54. The van der Waals surface area contributed by atoms with Gasteiger partial charge in [0.15, 0.2) is 0 Å². The highest BCUT2D eigenvalue weighted by Crippen LogP contribution is 2.08. The molecule has 0 amide bonds. The summed E-state index contributed by atoms with van der Waals surface area (Å²) in [4.78, 5) is 6.48. The van der Waals surface area contributed by atoms with E-state index in [0.717, 1.165) is 38.4 Å². The molecule has 17 heavy (non-hydrogen) atoms. The lowest BCUT2D eigenvalue weighted by atomic mass is 10.3. The van der Waals surface area contributed by atoms with E-state index in [-0.39, 0.29) is 0 Å². The smallest absolute Gasteiger partial charge is 0.213 e. The Labute approximate surface area is 102 Å². The van der Waals surface area contributed by atoms with E-state index in [9.17, 15) is 0 Å². The molecule has 1 aromatic rings. The van der Waals surface area contributed by atoms with Crippen molar-refractivity contribution < 1.29 is 9.47 Å². The zero-order valence-electron chi connectivity index (χ0n) is 9.97. The van der Waals surface area contributed by atoms with Crippen molar-refractivity contribution in [1.82, 2.24) is 9.88 Å². The minimum absolute atomic E-state index is 0.516. The maximum absolute atomic E-state index is 5.60. The first-order valence-electron chi connectivity index (χ1n) is 5.96. The molecule has 0 aliphatic carbocycles. The molecule has 1 aromatic heterocycles.